The SMILES string of the molecule is COC(=O)C1=C(C)NC(C)=C(C(=O)OCCN=C=S)C1c1cccc([N+](=O)[O-])c1. The van der Waals surface area contributed by atoms with Crippen LogP contribution in [0.25, 0.3) is 0 Å². The zero-order valence-corrected chi connectivity index (χ0v) is 16.9. The van der Waals surface area contributed by atoms with Crippen LogP contribution in [0.15, 0.2) is 51.8 Å². The Balaban J connectivity index is 2.57. The molecule has 152 valence electrons. The van der Waals surface area contributed by atoms with Crippen molar-refractivity contribution >= 4 is 35.0 Å². The summed E-state index contributed by atoms with van der Waals surface area (Å²) in [7, 11) is 1.22. The molecule has 0 saturated heterocycles. The minimum atomic E-state index is -0.898. The van der Waals surface area contributed by atoms with Crippen LogP contribution in [0.4, 0.5) is 5.69 Å². The highest BCUT2D eigenvalue weighted by atomic mass is 32.1. The number of thiocarbonyl (C=S) groups is 1. The summed E-state index contributed by atoms with van der Waals surface area (Å²) in [5.41, 5.74) is 1.50. The second-order valence-electron chi connectivity index (χ2n) is 6.09. The van der Waals surface area contributed by atoms with Gasteiger partial charge in [0.25, 0.3) is 5.69 Å². The third kappa shape index (κ3) is 4.92. The lowest BCUT2D eigenvalue weighted by Gasteiger charge is -2.30. The first-order valence-corrected chi connectivity index (χ1v) is 8.94. The quantitative estimate of drug-likeness (QED) is 0.180. The van der Waals surface area contributed by atoms with Gasteiger partial charge in [0.05, 0.1) is 40.8 Å². The van der Waals surface area contributed by atoms with E-state index in [0.29, 0.717) is 17.0 Å². The van der Waals surface area contributed by atoms with E-state index in [4.69, 9.17) is 9.47 Å². The Kier molecular flexibility index (Phi) is 7.35. The molecule has 1 N–H and O–H groups in total. The molecule has 1 aliphatic rings. The normalized spacial score (nSPS) is 15.9. The van der Waals surface area contributed by atoms with Crippen molar-refractivity contribution in [3.05, 3.63) is 62.5 Å². The number of hydrogen-bond acceptors (Lipinski definition) is 9. The van der Waals surface area contributed by atoms with Crippen LogP contribution in [-0.4, -0.2) is 42.3 Å². The molecule has 1 atom stereocenters. The predicted octanol–water partition coefficient (Wildman–Crippen LogP) is 2.65. The molecule has 0 aliphatic carbocycles. The number of allylic oxidation sites excluding steroid dienone is 2. The predicted molar refractivity (Wildman–Crippen MR) is 107 cm³/mol. The Labute approximate surface area is 172 Å². The number of nitrogens with zero attached hydrogens (tertiary/aromatic N) is 2. The summed E-state index contributed by atoms with van der Waals surface area (Å²) in [6, 6.07) is 5.75. The van der Waals surface area contributed by atoms with Crippen molar-refractivity contribution in [1.29, 1.82) is 0 Å². The van der Waals surface area contributed by atoms with Gasteiger partial charge in [0.2, 0.25) is 0 Å². The van der Waals surface area contributed by atoms with Gasteiger partial charge < -0.3 is 14.8 Å². The molecular formula is C19H19N3O6S. The van der Waals surface area contributed by atoms with Crippen molar-refractivity contribution in [2.75, 3.05) is 20.3 Å². The van der Waals surface area contributed by atoms with Gasteiger partial charge in [-0.3, -0.25) is 10.1 Å². The van der Waals surface area contributed by atoms with Gasteiger partial charge in [-0.1, -0.05) is 12.1 Å². The summed E-state index contributed by atoms with van der Waals surface area (Å²) < 4.78 is 10.1. The standard InChI is InChI=1S/C19H19N3O6S/c1-11-15(18(23)27-3)17(13-5-4-6-14(9-13)22(25)26)16(12(2)21-11)19(24)28-8-7-20-10-29/h4-6,9,17,21H,7-8H2,1-3H3. The van der Waals surface area contributed by atoms with E-state index in [9.17, 15) is 19.7 Å². The summed E-state index contributed by atoms with van der Waals surface area (Å²) in [4.78, 5) is 39.7. The number of nitro benzene ring substituents is 1. The number of dihydropyridines is 1. The minimum Gasteiger partial charge on any atom is -0.466 e. The highest BCUT2D eigenvalue weighted by Crippen LogP contribution is 2.40. The number of carbonyl (C=O) groups is 2. The fraction of sp³-hybridized carbons (Fsp3) is 0.316. The largest absolute Gasteiger partial charge is 0.466 e. The monoisotopic (exact) mass is 417 g/mol. The highest BCUT2D eigenvalue weighted by molar-refractivity contribution is 7.78. The number of ether oxygens (including phenoxy) is 2. The van der Waals surface area contributed by atoms with Crippen LogP contribution in [0.5, 0.6) is 0 Å². The Morgan fingerprint density at radius 3 is 2.52 bits per heavy atom. The van der Waals surface area contributed by atoms with Crippen molar-refractivity contribution in [3.8, 4) is 0 Å². The van der Waals surface area contributed by atoms with Gasteiger partial charge >= 0.3 is 11.9 Å². The van der Waals surface area contributed by atoms with E-state index >= 15 is 0 Å². The summed E-state index contributed by atoms with van der Waals surface area (Å²) in [5, 5.41) is 16.4. The minimum absolute atomic E-state index is 0.0306. The highest BCUT2D eigenvalue weighted by Gasteiger charge is 2.38. The van der Waals surface area contributed by atoms with E-state index in [0.717, 1.165) is 0 Å². The number of methoxy groups -OCH3 is 1. The molecule has 9 nitrogen and oxygen atoms in total. The number of carbonyl (C=O) groups excluding carboxylic acids is 2. The molecule has 29 heavy (non-hydrogen) atoms. The third-order valence-corrected chi connectivity index (χ3v) is 4.43. The maximum Gasteiger partial charge on any atom is 0.336 e. The van der Waals surface area contributed by atoms with Crippen molar-refractivity contribution in [2.45, 2.75) is 19.8 Å². The molecule has 0 radical (unpaired) electrons. The van der Waals surface area contributed by atoms with Crippen LogP contribution in [0.1, 0.15) is 25.3 Å². The van der Waals surface area contributed by atoms with Gasteiger partial charge in [-0.05, 0) is 31.6 Å². The number of nitro groups is 1. The van der Waals surface area contributed by atoms with Crippen molar-refractivity contribution in [2.24, 2.45) is 4.99 Å². The Morgan fingerprint density at radius 1 is 1.28 bits per heavy atom. The van der Waals surface area contributed by atoms with E-state index in [2.05, 4.69) is 27.7 Å². The van der Waals surface area contributed by atoms with E-state index in [1.54, 1.807) is 19.9 Å². The summed E-state index contributed by atoms with van der Waals surface area (Å²) in [5.74, 6) is -2.24. The summed E-state index contributed by atoms with van der Waals surface area (Å²) in [6.45, 7) is 3.44. The van der Waals surface area contributed by atoms with Crippen molar-refractivity contribution in [1.82, 2.24) is 5.32 Å². The maximum absolute atomic E-state index is 12.8. The zero-order chi connectivity index (χ0) is 21.6. The molecule has 10 heteroatoms. The molecule has 0 aromatic heterocycles. The fourth-order valence-corrected chi connectivity index (χ4v) is 3.20. The Morgan fingerprint density at radius 2 is 1.93 bits per heavy atom. The number of aliphatic imine (C=N–C) groups is 1. The Hall–Kier alpha value is -3.36. The van der Waals surface area contributed by atoms with Crippen LogP contribution in [0, 0.1) is 10.1 Å². The topological polar surface area (TPSA) is 120 Å². The molecule has 0 bridgehead atoms. The number of esters is 2. The van der Waals surface area contributed by atoms with Crippen molar-refractivity contribution in [3.63, 3.8) is 0 Å². The molecule has 1 aromatic carbocycles. The lowest BCUT2D eigenvalue weighted by Crippen LogP contribution is -2.32. The van der Waals surface area contributed by atoms with E-state index in [1.165, 1.54) is 25.3 Å². The van der Waals surface area contributed by atoms with E-state index in [1.807, 2.05) is 0 Å². The number of hydrogen-bond donors (Lipinski definition) is 1. The van der Waals surface area contributed by atoms with Crippen LogP contribution < -0.4 is 5.32 Å². The van der Waals surface area contributed by atoms with Gasteiger partial charge in [0.1, 0.15) is 6.61 Å². The van der Waals surface area contributed by atoms with Crippen LogP contribution in [0.3, 0.4) is 0 Å². The van der Waals surface area contributed by atoms with Gasteiger partial charge in [-0.2, -0.15) is 0 Å². The molecule has 1 unspecified atom stereocenters. The summed E-state index contributed by atoms with van der Waals surface area (Å²) >= 11 is 4.47. The number of rotatable bonds is 7. The number of isothiocyanates is 1. The average molecular weight is 417 g/mol. The molecule has 1 heterocycles. The number of nitrogens with one attached hydrogen (secondary N) is 1. The molecule has 0 amide bonds. The molecule has 0 fully saturated rings. The lowest BCUT2D eigenvalue weighted by atomic mass is 9.80. The van der Waals surface area contributed by atoms with E-state index in [-0.39, 0.29) is 30.0 Å². The van der Waals surface area contributed by atoms with Crippen molar-refractivity contribution < 1.29 is 24.0 Å². The van der Waals surface area contributed by atoms with Gasteiger partial charge in [0.15, 0.2) is 0 Å². The number of benzene rings is 1. The third-order valence-electron chi connectivity index (χ3n) is 4.30. The molecular weight excluding hydrogens is 398 g/mol. The van der Waals surface area contributed by atoms with Gasteiger partial charge in [-0.25, -0.2) is 14.6 Å². The molecule has 0 spiro atoms. The first-order valence-electron chi connectivity index (χ1n) is 8.53. The fourth-order valence-electron chi connectivity index (χ4n) is 3.10. The maximum atomic E-state index is 12.8. The molecule has 1 aromatic rings. The molecule has 0 saturated carbocycles. The average Bonchev–Trinajstić information content (AvgIpc) is 2.70. The van der Waals surface area contributed by atoms with Crippen LogP contribution in [-0.2, 0) is 19.1 Å². The first-order chi connectivity index (χ1) is 13.8. The first kappa shape index (κ1) is 21.9. The van der Waals surface area contributed by atoms with Gasteiger partial charge in [0, 0.05) is 23.5 Å². The Bertz CT molecular complexity index is 962. The smallest absolute Gasteiger partial charge is 0.336 e. The van der Waals surface area contributed by atoms with E-state index < -0.39 is 22.8 Å². The number of non-ortho nitro benzene ring substituents is 1. The lowest BCUT2D eigenvalue weighted by molar-refractivity contribution is -0.384. The van der Waals surface area contributed by atoms with Crippen LogP contribution >= 0.6 is 12.2 Å². The van der Waals surface area contributed by atoms with Crippen LogP contribution in [0.2, 0.25) is 0 Å². The molecule has 1 aliphatic heterocycles. The second-order valence-corrected chi connectivity index (χ2v) is 6.27. The molecule has 2 rings (SSSR count). The zero-order valence-electron chi connectivity index (χ0n) is 16.1. The summed E-state index contributed by atoms with van der Waals surface area (Å²) in [6.07, 6.45) is 0. The van der Waals surface area contributed by atoms with Gasteiger partial charge in [-0.15, -0.1) is 0 Å². The second kappa shape index (κ2) is 9.72.